The van der Waals surface area contributed by atoms with Crippen molar-refractivity contribution in [1.82, 2.24) is 5.32 Å². The van der Waals surface area contributed by atoms with Gasteiger partial charge in [0.15, 0.2) is 0 Å². The van der Waals surface area contributed by atoms with Crippen molar-refractivity contribution in [1.29, 1.82) is 0 Å². The molecule has 0 unspecified atom stereocenters. The average molecular weight is 423 g/mol. The first-order valence-corrected chi connectivity index (χ1v) is 8.27. The fraction of sp³-hybridized carbons (Fsp3) is 0.176. The summed E-state index contributed by atoms with van der Waals surface area (Å²) < 4.78 is 0.895. The summed E-state index contributed by atoms with van der Waals surface area (Å²) in [6, 6.07) is 14.2. The summed E-state index contributed by atoms with van der Waals surface area (Å²) in [5, 5.41) is 8.32. The molecule has 0 aliphatic carbocycles. The highest BCUT2D eigenvalue weighted by Gasteiger charge is 2.09. The van der Waals surface area contributed by atoms with E-state index in [1.807, 2.05) is 32.0 Å². The van der Waals surface area contributed by atoms with Crippen LogP contribution in [-0.2, 0) is 0 Å². The van der Waals surface area contributed by atoms with Gasteiger partial charge in [-0.1, -0.05) is 12.1 Å². The average Bonchev–Trinajstić information content (AvgIpc) is 2.48. The Bertz CT molecular complexity index is 699. The van der Waals surface area contributed by atoms with E-state index in [-0.39, 0.29) is 18.0 Å². The number of carbonyl (C=O) groups excluding carboxylic acids is 2. The number of rotatable bonds is 4. The molecule has 0 heterocycles. The van der Waals surface area contributed by atoms with Crippen LogP contribution in [0.2, 0.25) is 0 Å². The standard InChI is InChI=1S/C17H18IN3O2/c1-11(2)19-17(23)21-13-9-7-12(8-10-13)20-16(22)14-5-3-4-6-15(14)18/h3-11H,1-2H3,(H,20,22)(H2,19,21,23). The van der Waals surface area contributed by atoms with Gasteiger partial charge in [0.25, 0.3) is 5.91 Å². The molecule has 0 aromatic heterocycles. The van der Waals surface area contributed by atoms with E-state index in [1.54, 1.807) is 30.3 Å². The van der Waals surface area contributed by atoms with Crippen molar-refractivity contribution in [2.45, 2.75) is 19.9 Å². The zero-order valence-electron chi connectivity index (χ0n) is 12.9. The Kier molecular flexibility index (Phi) is 5.97. The van der Waals surface area contributed by atoms with E-state index in [0.29, 0.717) is 16.9 Å². The van der Waals surface area contributed by atoms with Crippen LogP contribution in [-0.4, -0.2) is 18.0 Å². The van der Waals surface area contributed by atoms with Gasteiger partial charge in [-0.2, -0.15) is 0 Å². The molecule has 0 fully saturated rings. The molecule has 0 spiro atoms. The van der Waals surface area contributed by atoms with E-state index in [2.05, 4.69) is 38.5 Å². The fourth-order valence-corrected chi connectivity index (χ4v) is 2.54. The second-order valence-corrected chi connectivity index (χ2v) is 6.43. The zero-order chi connectivity index (χ0) is 16.8. The summed E-state index contributed by atoms with van der Waals surface area (Å²) in [4.78, 5) is 23.8. The second kappa shape index (κ2) is 7.96. The van der Waals surface area contributed by atoms with Crippen LogP contribution in [0.25, 0.3) is 0 Å². The summed E-state index contributed by atoms with van der Waals surface area (Å²) in [6.07, 6.45) is 0. The number of amides is 3. The van der Waals surface area contributed by atoms with Gasteiger partial charge in [0.1, 0.15) is 0 Å². The third-order valence-corrected chi connectivity index (χ3v) is 3.88. The first kappa shape index (κ1) is 17.3. The topological polar surface area (TPSA) is 70.2 Å². The van der Waals surface area contributed by atoms with Crippen LogP contribution in [0.3, 0.4) is 0 Å². The highest BCUT2D eigenvalue weighted by atomic mass is 127. The summed E-state index contributed by atoms with van der Waals surface area (Å²) in [6.45, 7) is 3.78. The van der Waals surface area contributed by atoms with Crippen LogP contribution >= 0.6 is 22.6 Å². The van der Waals surface area contributed by atoms with Crippen molar-refractivity contribution < 1.29 is 9.59 Å². The Hall–Kier alpha value is -2.09. The molecule has 0 saturated heterocycles. The van der Waals surface area contributed by atoms with Crippen LogP contribution < -0.4 is 16.0 Å². The van der Waals surface area contributed by atoms with Crippen molar-refractivity contribution in [2.75, 3.05) is 10.6 Å². The maximum atomic E-state index is 12.2. The summed E-state index contributed by atoms with van der Waals surface area (Å²) >= 11 is 2.13. The second-order valence-electron chi connectivity index (χ2n) is 5.26. The lowest BCUT2D eigenvalue weighted by atomic mass is 10.2. The van der Waals surface area contributed by atoms with E-state index in [0.717, 1.165) is 3.57 Å². The fourth-order valence-electron chi connectivity index (χ4n) is 1.91. The van der Waals surface area contributed by atoms with E-state index in [1.165, 1.54) is 0 Å². The lowest BCUT2D eigenvalue weighted by Crippen LogP contribution is -2.34. The van der Waals surface area contributed by atoms with Gasteiger partial charge in [-0.15, -0.1) is 0 Å². The smallest absolute Gasteiger partial charge is 0.319 e. The minimum Gasteiger partial charge on any atom is -0.336 e. The van der Waals surface area contributed by atoms with E-state index < -0.39 is 0 Å². The van der Waals surface area contributed by atoms with Gasteiger partial charge in [0.05, 0.1) is 5.56 Å². The quantitative estimate of drug-likeness (QED) is 0.649. The predicted octanol–water partition coefficient (Wildman–Crippen LogP) is 4.07. The number of anilines is 2. The first-order valence-electron chi connectivity index (χ1n) is 7.19. The van der Waals surface area contributed by atoms with E-state index in [4.69, 9.17) is 0 Å². The Morgan fingerprint density at radius 3 is 2.04 bits per heavy atom. The summed E-state index contributed by atoms with van der Waals surface area (Å²) in [5.41, 5.74) is 1.96. The molecule has 2 rings (SSSR count). The molecular formula is C17H18IN3O2. The first-order chi connectivity index (χ1) is 11.0. The van der Waals surface area contributed by atoms with Gasteiger partial charge in [-0.05, 0) is 72.8 Å². The molecule has 3 N–H and O–H groups in total. The molecule has 0 saturated carbocycles. The number of nitrogens with one attached hydrogen (secondary N) is 3. The Balaban J connectivity index is 1.99. The molecule has 0 bridgehead atoms. The van der Waals surface area contributed by atoms with Crippen molar-refractivity contribution in [3.05, 3.63) is 57.7 Å². The van der Waals surface area contributed by atoms with Gasteiger partial charge >= 0.3 is 6.03 Å². The third kappa shape index (κ3) is 5.24. The van der Waals surface area contributed by atoms with Crippen molar-refractivity contribution in [3.63, 3.8) is 0 Å². The molecule has 5 nitrogen and oxygen atoms in total. The number of benzene rings is 2. The normalized spacial score (nSPS) is 10.3. The molecule has 23 heavy (non-hydrogen) atoms. The molecule has 2 aromatic rings. The summed E-state index contributed by atoms with van der Waals surface area (Å²) in [5.74, 6) is -0.159. The highest BCUT2D eigenvalue weighted by molar-refractivity contribution is 14.1. The Labute approximate surface area is 149 Å². The maximum Gasteiger partial charge on any atom is 0.319 e. The minimum atomic E-state index is -0.254. The molecule has 0 radical (unpaired) electrons. The van der Waals surface area contributed by atoms with Crippen LogP contribution in [0.1, 0.15) is 24.2 Å². The number of hydrogen-bond donors (Lipinski definition) is 3. The number of hydrogen-bond acceptors (Lipinski definition) is 2. The van der Waals surface area contributed by atoms with Gasteiger partial charge in [0.2, 0.25) is 0 Å². The molecule has 120 valence electrons. The van der Waals surface area contributed by atoms with Gasteiger partial charge in [-0.3, -0.25) is 4.79 Å². The lowest BCUT2D eigenvalue weighted by molar-refractivity contribution is 0.102. The Morgan fingerprint density at radius 2 is 1.48 bits per heavy atom. The predicted molar refractivity (Wildman–Crippen MR) is 101 cm³/mol. The monoisotopic (exact) mass is 423 g/mol. The van der Waals surface area contributed by atoms with Gasteiger partial charge < -0.3 is 16.0 Å². The number of halogens is 1. The molecule has 0 atom stereocenters. The van der Waals surface area contributed by atoms with Crippen molar-refractivity contribution >= 4 is 45.9 Å². The van der Waals surface area contributed by atoms with Crippen LogP contribution in [0.4, 0.5) is 16.2 Å². The van der Waals surface area contributed by atoms with Gasteiger partial charge in [-0.25, -0.2) is 4.79 Å². The van der Waals surface area contributed by atoms with Crippen molar-refractivity contribution in [2.24, 2.45) is 0 Å². The maximum absolute atomic E-state index is 12.2. The highest BCUT2D eigenvalue weighted by Crippen LogP contribution is 2.17. The minimum absolute atomic E-state index is 0.0712. The van der Waals surface area contributed by atoms with Gasteiger partial charge in [0, 0.05) is 21.0 Å². The molecular weight excluding hydrogens is 405 g/mol. The molecule has 3 amide bonds. The van der Waals surface area contributed by atoms with Crippen molar-refractivity contribution in [3.8, 4) is 0 Å². The Morgan fingerprint density at radius 1 is 0.913 bits per heavy atom. The zero-order valence-corrected chi connectivity index (χ0v) is 15.0. The van der Waals surface area contributed by atoms with E-state index in [9.17, 15) is 9.59 Å². The SMILES string of the molecule is CC(C)NC(=O)Nc1ccc(NC(=O)c2ccccc2I)cc1. The van der Waals surface area contributed by atoms with Crippen LogP contribution in [0, 0.1) is 3.57 Å². The number of carbonyl (C=O) groups is 2. The summed E-state index contributed by atoms with van der Waals surface area (Å²) in [7, 11) is 0. The van der Waals surface area contributed by atoms with Crippen LogP contribution in [0.15, 0.2) is 48.5 Å². The molecule has 6 heteroatoms. The van der Waals surface area contributed by atoms with E-state index >= 15 is 0 Å². The molecule has 2 aromatic carbocycles. The molecule has 0 aliphatic heterocycles. The third-order valence-electron chi connectivity index (χ3n) is 2.94. The largest absolute Gasteiger partial charge is 0.336 e. The van der Waals surface area contributed by atoms with Crippen LogP contribution in [0.5, 0.6) is 0 Å². The molecule has 0 aliphatic rings. The lowest BCUT2D eigenvalue weighted by Gasteiger charge is -2.11. The number of urea groups is 1.